The largest absolute Gasteiger partial charge is 0.436 e. The summed E-state index contributed by atoms with van der Waals surface area (Å²) in [6.45, 7) is 0.329. The molecule has 1 aromatic heterocycles. The number of carbonyl (C=O) groups is 1. The first kappa shape index (κ1) is 16.1. The van der Waals surface area contributed by atoms with Crippen LogP contribution in [0.5, 0.6) is 0 Å². The molecule has 0 bridgehead atoms. The fourth-order valence-corrected chi connectivity index (χ4v) is 2.38. The third-order valence-corrected chi connectivity index (χ3v) is 3.46. The Hall–Kier alpha value is -1.28. The van der Waals surface area contributed by atoms with E-state index >= 15 is 0 Å². The van der Waals surface area contributed by atoms with E-state index < -0.39 is 22.8 Å². The minimum absolute atomic E-state index is 0.0483. The SMILES string of the molecule is COCCNC(=O)Cn1nc(C(F)(F)F)c(Cl)c1C1CC1. The van der Waals surface area contributed by atoms with Crippen molar-refractivity contribution < 1.29 is 22.7 Å². The van der Waals surface area contributed by atoms with Crippen molar-refractivity contribution in [3.05, 3.63) is 16.4 Å². The number of methoxy groups -OCH3 is 1. The third kappa shape index (κ3) is 3.88. The van der Waals surface area contributed by atoms with Crippen LogP contribution in [0.2, 0.25) is 5.02 Å². The first-order chi connectivity index (χ1) is 9.84. The summed E-state index contributed by atoms with van der Waals surface area (Å²) in [6.07, 6.45) is -3.11. The van der Waals surface area contributed by atoms with E-state index in [4.69, 9.17) is 16.3 Å². The predicted octanol–water partition coefficient (Wildman–Crippen LogP) is 2.20. The van der Waals surface area contributed by atoms with Crippen LogP contribution in [0.4, 0.5) is 13.2 Å². The van der Waals surface area contributed by atoms with Gasteiger partial charge >= 0.3 is 6.18 Å². The molecular formula is C12H15ClF3N3O2. The molecule has 1 heterocycles. The average molecular weight is 326 g/mol. The summed E-state index contributed by atoms with van der Waals surface area (Å²) in [7, 11) is 1.49. The van der Waals surface area contributed by atoms with Crippen LogP contribution in [-0.2, 0) is 22.3 Å². The van der Waals surface area contributed by atoms with Crippen molar-refractivity contribution in [1.29, 1.82) is 0 Å². The summed E-state index contributed by atoms with van der Waals surface area (Å²) < 4.78 is 44.3. The maximum atomic E-state index is 12.8. The quantitative estimate of drug-likeness (QED) is 0.816. The van der Waals surface area contributed by atoms with Crippen molar-refractivity contribution in [2.45, 2.75) is 31.5 Å². The van der Waals surface area contributed by atoms with Crippen LogP contribution in [0.15, 0.2) is 0 Å². The molecule has 21 heavy (non-hydrogen) atoms. The fraction of sp³-hybridized carbons (Fsp3) is 0.667. The number of alkyl halides is 3. The lowest BCUT2D eigenvalue weighted by Gasteiger charge is -2.07. The molecule has 0 saturated heterocycles. The summed E-state index contributed by atoms with van der Waals surface area (Å²) in [6, 6.07) is 0. The highest BCUT2D eigenvalue weighted by molar-refractivity contribution is 6.32. The van der Waals surface area contributed by atoms with Gasteiger partial charge in [0.25, 0.3) is 0 Å². The lowest BCUT2D eigenvalue weighted by atomic mass is 10.2. The van der Waals surface area contributed by atoms with E-state index in [2.05, 4.69) is 10.4 Å². The Morgan fingerprint density at radius 2 is 2.19 bits per heavy atom. The second-order valence-corrected chi connectivity index (χ2v) is 5.20. The monoisotopic (exact) mass is 325 g/mol. The average Bonchev–Trinajstić information content (AvgIpc) is 3.14. The number of nitrogens with zero attached hydrogens (tertiary/aromatic N) is 2. The number of aromatic nitrogens is 2. The lowest BCUT2D eigenvalue weighted by Crippen LogP contribution is -2.31. The Labute approximate surface area is 124 Å². The van der Waals surface area contributed by atoms with Gasteiger partial charge in [-0.25, -0.2) is 0 Å². The minimum atomic E-state index is -4.63. The zero-order valence-electron chi connectivity index (χ0n) is 11.3. The molecule has 9 heteroatoms. The Bertz CT molecular complexity index is 527. The molecule has 0 aliphatic heterocycles. The Morgan fingerprint density at radius 1 is 1.52 bits per heavy atom. The van der Waals surface area contributed by atoms with Gasteiger partial charge in [-0.2, -0.15) is 18.3 Å². The maximum absolute atomic E-state index is 12.8. The molecule has 1 amide bonds. The van der Waals surface area contributed by atoms with Gasteiger partial charge in [0.2, 0.25) is 5.91 Å². The van der Waals surface area contributed by atoms with Gasteiger partial charge in [-0.15, -0.1) is 0 Å². The van der Waals surface area contributed by atoms with E-state index in [0.29, 0.717) is 12.3 Å². The Morgan fingerprint density at radius 3 is 2.71 bits per heavy atom. The first-order valence-corrected chi connectivity index (χ1v) is 6.81. The van der Waals surface area contributed by atoms with Crippen LogP contribution in [0, 0.1) is 0 Å². The maximum Gasteiger partial charge on any atom is 0.436 e. The van der Waals surface area contributed by atoms with Crippen molar-refractivity contribution >= 4 is 17.5 Å². The van der Waals surface area contributed by atoms with Crippen LogP contribution in [0.25, 0.3) is 0 Å². The summed E-state index contributed by atoms with van der Waals surface area (Å²) in [5, 5.41) is 5.62. The zero-order chi connectivity index (χ0) is 15.6. The van der Waals surface area contributed by atoms with Crippen molar-refractivity contribution in [2.75, 3.05) is 20.3 Å². The summed E-state index contributed by atoms with van der Waals surface area (Å²) in [4.78, 5) is 11.7. The molecule has 0 atom stereocenters. The normalized spacial score (nSPS) is 15.3. The Balaban J connectivity index is 2.16. The van der Waals surface area contributed by atoms with Gasteiger partial charge in [0.1, 0.15) is 6.54 Å². The van der Waals surface area contributed by atoms with Gasteiger partial charge in [-0.05, 0) is 12.8 Å². The molecule has 1 aliphatic rings. The van der Waals surface area contributed by atoms with Crippen molar-refractivity contribution in [2.24, 2.45) is 0 Å². The highest BCUT2D eigenvalue weighted by atomic mass is 35.5. The standard InChI is InChI=1S/C12H15ClF3N3O2/c1-21-5-4-17-8(20)6-19-10(7-2-3-7)9(13)11(18-19)12(14,15)16/h7H,2-6H2,1H3,(H,17,20). The number of ether oxygens (including phenoxy) is 1. The van der Waals surface area contributed by atoms with Gasteiger partial charge in [-0.3, -0.25) is 9.48 Å². The lowest BCUT2D eigenvalue weighted by molar-refractivity contribution is -0.141. The van der Waals surface area contributed by atoms with Crippen LogP contribution in [0.1, 0.15) is 30.1 Å². The molecule has 5 nitrogen and oxygen atoms in total. The molecule has 1 aromatic rings. The smallest absolute Gasteiger partial charge is 0.383 e. The minimum Gasteiger partial charge on any atom is -0.383 e. The van der Waals surface area contributed by atoms with Gasteiger partial charge in [0.15, 0.2) is 5.69 Å². The van der Waals surface area contributed by atoms with Crippen molar-refractivity contribution in [3.63, 3.8) is 0 Å². The van der Waals surface area contributed by atoms with Crippen LogP contribution >= 0.6 is 11.6 Å². The van der Waals surface area contributed by atoms with Gasteiger partial charge in [0.05, 0.1) is 17.3 Å². The van der Waals surface area contributed by atoms with Crippen molar-refractivity contribution in [1.82, 2.24) is 15.1 Å². The molecule has 0 radical (unpaired) electrons. The highest BCUT2D eigenvalue weighted by Gasteiger charge is 2.42. The molecule has 1 aliphatic carbocycles. The molecule has 1 N–H and O–H groups in total. The third-order valence-electron chi connectivity index (χ3n) is 3.09. The molecular weight excluding hydrogens is 311 g/mol. The molecule has 1 fully saturated rings. The summed E-state index contributed by atoms with van der Waals surface area (Å²) in [5.41, 5.74) is -0.832. The molecule has 1 saturated carbocycles. The highest BCUT2D eigenvalue weighted by Crippen LogP contribution is 2.46. The number of hydrogen-bond acceptors (Lipinski definition) is 3. The van der Waals surface area contributed by atoms with Crippen LogP contribution < -0.4 is 5.32 Å². The first-order valence-electron chi connectivity index (χ1n) is 6.43. The van der Waals surface area contributed by atoms with Gasteiger partial charge < -0.3 is 10.1 Å². The molecule has 2 rings (SSSR count). The second kappa shape index (κ2) is 6.23. The van der Waals surface area contributed by atoms with Gasteiger partial charge in [0, 0.05) is 19.6 Å². The number of amides is 1. The topological polar surface area (TPSA) is 56.1 Å². The van der Waals surface area contributed by atoms with Gasteiger partial charge in [-0.1, -0.05) is 11.6 Å². The number of nitrogens with one attached hydrogen (secondary N) is 1. The van der Waals surface area contributed by atoms with Crippen LogP contribution in [0.3, 0.4) is 0 Å². The van der Waals surface area contributed by atoms with E-state index in [9.17, 15) is 18.0 Å². The van der Waals surface area contributed by atoms with Crippen LogP contribution in [-0.4, -0.2) is 35.9 Å². The number of carbonyl (C=O) groups excluding carboxylic acids is 1. The molecule has 0 spiro atoms. The second-order valence-electron chi connectivity index (χ2n) is 4.82. The summed E-state index contributed by atoms with van der Waals surface area (Å²) >= 11 is 5.80. The van der Waals surface area contributed by atoms with E-state index in [-0.39, 0.29) is 19.0 Å². The fourth-order valence-electron chi connectivity index (χ4n) is 1.99. The van der Waals surface area contributed by atoms with E-state index in [1.807, 2.05) is 0 Å². The Kier molecular flexibility index (Phi) is 4.77. The number of halogens is 4. The zero-order valence-corrected chi connectivity index (χ0v) is 12.1. The van der Waals surface area contributed by atoms with E-state index in [1.165, 1.54) is 7.11 Å². The molecule has 0 unspecified atom stereocenters. The molecule has 0 aromatic carbocycles. The van der Waals surface area contributed by atoms with Crippen molar-refractivity contribution in [3.8, 4) is 0 Å². The summed E-state index contributed by atoms with van der Waals surface area (Å²) in [5.74, 6) is -0.477. The molecule has 118 valence electrons. The number of hydrogen-bond donors (Lipinski definition) is 1. The predicted molar refractivity (Wildman–Crippen MR) is 69.1 cm³/mol. The van der Waals surface area contributed by atoms with E-state index in [0.717, 1.165) is 17.5 Å². The number of rotatable bonds is 6. The van der Waals surface area contributed by atoms with E-state index in [1.54, 1.807) is 0 Å².